The highest BCUT2D eigenvalue weighted by Gasteiger charge is 2.18. The SMILES string of the molecule is C=Cc1c(C)c2[nH]c1=Cc1[nH]c(c(CCC(=O)OC)c1C)C=c1[nH]c(c(C)c1CCC(=O)OC)=Cc1[nH]c(c(/C=N/O)c1C)C=2. The standard InChI is InChI=1S/C35H39N5O5/c1-8-22-18(2)28-15-33-25(17-36-43)21(5)27(40-33)13-26-19(3)23(9-11-34(41)44-6)31(38-26)16-32-24(10-12-35(42)45-7)20(4)29(39-32)14-30(22)37-28/h8,13-17,37-40,43H,1,9-12H2,2-7H3/b26-13?,27-13?,28-15?,29-14?,30-14?,31-16?,32-16?,33-15?,36-17+. The molecule has 8 bridgehead atoms. The van der Waals surface area contributed by atoms with Gasteiger partial charge in [-0.1, -0.05) is 17.8 Å². The van der Waals surface area contributed by atoms with Gasteiger partial charge in [-0.2, -0.15) is 0 Å². The highest BCUT2D eigenvalue weighted by molar-refractivity contribution is 5.88. The molecule has 5 rings (SSSR count). The second-order valence-electron chi connectivity index (χ2n) is 11.3. The number of aromatic nitrogens is 4. The van der Waals surface area contributed by atoms with Crippen LogP contribution in [0, 0.1) is 27.7 Å². The molecule has 0 atom stereocenters. The topological polar surface area (TPSA) is 148 Å². The minimum absolute atomic E-state index is 0.226. The van der Waals surface area contributed by atoms with E-state index in [0.29, 0.717) is 12.8 Å². The summed E-state index contributed by atoms with van der Waals surface area (Å²) in [7, 11) is 2.78. The molecule has 4 aromatic heterocycles. The van der Waals surface area contributed by atoms with Gasteiger partial charge in [0.1, 0.15) is 0 Å². The normalized spacial score (nSPS) is 12.2. The van der Waals surface area contributed by atoms with Gasteiger partial charge in [-0.05, 0) is 98.2 Å². The van der Waals surface area contributed by atoms with Crippen LogP contribution < -0.4 is 21.4 Å². The van der Waals surface area contributed by atoms with Gasteiger partial charge < -0.3 is 34.6 Å². The van der Waals surface area contributed by atoms with Crippen LogP contribution in [0.2, 0.25) is 0 Å². The number of hydrogen-bond donors (Lipinski definition) is 5. The van der Waals surface area contributed by atoms with Gasteiger partial charge in [-0.25, -0.2) is 0 Å². The molecule has 5 heterocycles. The second-order valence-corrected chi connectivity index (χ2v) is 11.3. The van der Waals surface area contributed by atoms with Crippen molar-refractivity contribution in [1.82, 2.24) is 19.9 Å². The van der Waals surface area contributed by atoms with Gasteiger partial charge in [0, 0.05) is 68.1 Å². The fourth-order valence-electron chi connectivity index (χ4n) is 6.08. The maximum Gasteiger partial charge on any atom is 0.305 e. The van der Waals surface area contributed by atoms with Crippen molar-refractivity contribution < 1.29 is 24.3 Å². The lowest BCUT2D eigenvalue weighted by atomic mass is 10.0. The number of nitrogens with one attached hydrogen (secondary N) is 4. The van der Waals surface area contributed by atoms with Crippen LogP contribution in [0.5, 0.6) is 0 Å². The van der Waals surface area contributed by atoms with Crippen LogP contribution in [0.3, 0.4) is 0 Å². The number of aromatic amines is 4. The molecule has 0 radical (unpaired) electrons. The average molecular weight is 610 g/mol. The molecule has 0 saturated heterocycles. The fourth-order valence-corrected chi connectivity index (χ4v) is 6.08. The third kappa shape index (κ3) is 5.95. The van der Waals surface area contributed by atoms with Crippen LogP contribution in [0.1, 0.15) is 80.1 Å². The average Bonchev–Trinajstić information content (AvgIpc) is 3.68. The Kier molecular flexibility index (Phi) is 8.85. The third-order valence-electron chi connectivity index (χ3n) is 8.80. The molecule has 0 aliphatic carbocycles. The van der Waals surface area contributed by atoms with E-state index in [0.717, 1.165) is 88.7 Å². The van der Waals surface area contributed by atoms with E-state index in [4.69, 9.17) is 9.47 Å². The molecule has 0 saturated carbocycles. The van der Waals surface area contributed by atoms with Crippen molar-refractivity contribution in [3.8, 4) is 0 Å². The Hall–Kier alpha value is -5.25. The monoisotopic (exact) mass is 609 g/mol. The molecular weight excluding hydrogens is 570 g/mol. The maximum absolute atomic E-state index is 12.2. The van der Waals surface area contributed by atoms with Crippen molar-refractivity contribution >= 4 is 48.5 Å². The number of rotatable bonds is 8. The lowest BCUT2D eigenvalue weighted by Crippen LogP contribution is -2.14. The summed E-state index contributed by atoms with van der Waals surface area (Å²) in [5.41, 5.74) is 11.0. The molecule has 1 aliphatic heterocycles. The Labute approximate surface area is 260 Å². The molecule has 0 spiro atoms. The zero-order valence-corrected chi connectivity index (χ0v) is 26.5. The summed E-state index contributed by atoms with van der Waals surface area (Å²) < 4.78 is 9.89. The Morgan fingerprint density at radius 3 is 1.87 bits per heavy atom. The summed E-state index contributed by atoms with van der Waals surface area (Å²) in [6.07, 6.45) is 12.8. The molecule has 1 aliphatic rings. The lowest BCUT2D eigenvalue weighted by Gasteiger charge is -2.03. The van der Waals surface area contributed by atoms with Crippen LogP contribution in [-0.4, -0.2) is 57.5 Å². The van der Waals surface area contributed by atoms with E-state index in [2.05, 4.69) is 37.7 Å². The molecule has 0 aromatic carbocycles. The van der Waals surface area contributed by atoms with Crippen molar-refractivity contribution in [2.24, 2.45) is 5.16 Å². The first-order valence-corrected chi connectivity index (χ1v) is 14.8. The molecule has 5 N–H and O–H groups in total. The van der Waals surface area contributed by atoms with Gasteiger partial charge in [0.25, 0.3) is 0 Å². The number of ether oxygens (including phenoxy) is 2. The smallest absolute Gasteiger partial charge is 0.305 e. The fraction of sp³-hybridized carbons (Fsp3) is 0.286. The van der Waals surface area contributed by atoms with E-state index in [1.807, 2.05) is 52.0 Å². The van der Waals surface area contributed by atoms with Gasteiger partial charge in [0.15, 0.2) is 0 Å². The zero-order valence-electron chi connectivity index (χ0n) is 26.5. The van der Waals surface area contributed by atoms with Crippen LogP contribution in [0.4, 0.5) is 0 Å². The van der Waals surface area contributed by atoms with Gasteiger partial charge >= 0.3 is 11.9 Å². The van der Waals surface area contributed by atoms with Crippen LogP contribution in [0.15, 0.2) is 11.7 Å². The highest BCUT2D eigenvalue weighted by atomic mass is 16.5. The van der Waals surface area contributed by atoms with Crippen molar-refractivity contribution in [2.45, 2.75) is 53.4 Å². The van der Waals surface area contributed by atoms with E-state index < -0.39 is 0 Å². The predicted molar refractivity (Wildman–Crippen MR) is 175 cm³/mol. The molecule has 10 nitrogen and oxygen atoms in total. The summed E-state index contributed by atoms with van der Waals surface area (Å²) >= 11 is 0. The number of methoxy groups -OCH3 is 2. The number of hydrogen-bond acceptors (Lipinski definition) is 6. The van der Waals surface area contributed by atoms with E-state index >= 15 is 0 Å². The summed E-state index contributed by atoms with van der Waals surface area (Å²) in [6.45, 7) is 12.1. The minimum Gasteiger partial charge on any atom is -0.469 e. The largest absolute Gasteiger partial charge is 0.469 e. The molecular formula is C35H39N5O5. The molecule has 0 fully saturated rings. The number of carbonyl (C=O) groups excluding carboxylic acids is 2. The highest BCUT2D eigenvalue weighted by Crippen LogP contribution is 2.23. The van der Waals surface area contributed by atoms with Crippen LogP contribution in [-0.2, 0) is 31.9 Å². The Morgan fingerprint density at radius 2 is 1.22 bits per heavy atom. The number of nitrogens with zero attached hydrogens (tertiary/aromatic N) is 1. The first-order chi connectivity index (χ1) is 21.6. The minimum atomic E-state index is -0.288. The lowest BCUT2D eigenvalue weighted by molar-refractivity contribution is -0.141. The molecule has 45 heavy (non-hydrogen) atoms. The molecule has 4 aromatic rings. The van der Waals surface area contributed by atoms with Gasteiger partial charge in [-0.15, -0.1) is 0 Å². The molecule has 0 amide bonds. The number of H-pyrrole nitrogens is 4. The van der Waals surface area contributed by atoms with Crippen molar-refractivity contribution in [2.75, 3.05) is 14.2 Å². The van der Waals surface area contributed by atoms with Gasteiger partial charge in [0.2, 0.25) is 0 Å². The quantitative estimate of drug-likeness (QED) is 0.0794. The first kappa shape index (κ1) is 31.2. The molecule has 0 unspecified atom stereocenters. The van der Waals surface area contributed by atoms with Crippen molar-refractivity contribution in [3.63, 3.8) is 0 Å². The van der Waals surface area contributed by atoms with Gasteiger partial charge in [0.05, 0.1) is 20.4 Å². The van der Waals surface area contributed by atoms with E-state index in [1.54, 1.807) is 0 Å². The summed E-state index contributed by atoms with van der Waals surface area (Å²) in [5.74, 6) is -0.569. The number of esters is 2. The molecule has 234 valence electrons. The van der Waals surface area contributed by atoms with Crippen LogP contribution >= 0.6 is 0 Å². The van der Waals surface area contributed by atoms with Crippen LogP contribution in [0.25, 0.3) is 30.4 Å². The Bertz CT molecular complexity index is 2100. The number of carbonyl (C=O) groups is 2. The summed E-state index contributed by atoms with van der Waals surface area (Å²) in [6, 6.07) is 0. The van der Waals surface area contributed by atoms with Crippen molar-refractivity contribution in [1.29, 1.82) is 0 Å². The third-order valence-corrected chi connectivity index (χ3v) is 8.80. The first-order valence-electron chi connectivity index (χ1n) is 14.8. The maximum atomic E-state index is 12.2. The summed E-state index contributed by atoms with van der Waals surface area (Å²) in [5, 5.41) is 16.3. The zero-order chi connectivity index (χ0) is 32.4. The van der Waals surface area contributed by atoms with E-state index in [9.17, 15) is 14.8 Å². The van der Waals surface area contributed by atoms with E-state index in [-0.39, 0.29) is 24.8 Å². The summed E-state index contributed by atoms with van der Waals surface area (Å²) in [4.78, 5) is 38.6. The second kappa shape index (κ2) is 12.8. The van der Waals surface area contributed by atoms with Crippen molar-refractivity contribution in [3.05, 3.63) is 95.3 Å². The van der Waals surface area contributed by atoms with E-state index in [1.165, 1.54) is 20.4 Å². The van der Waals surface area contributed by atoms with Gasteiger partial charge in [-0.3, -0.25) is 9.59 Å². The number of fused-ring (bicyclic) bond motifs is 8. The predicted octanol–water partition coefficient (Wildman–Crippen LogP) is 2.52. The Morgan fingerprint density at radius 1 is 0.689 bits per heavy atom. The Balaban J connectivity index is 1.89. The molecule has 10 heteroatoms. The number of oxime groups is 1.